The first kappa shape index (κ1) is 29.6. The Balaban J connectivity index is 2.20. The van der Waals surface area contributed by atoms with Crippen molar-refractivity contribution < 1.29 is 22.4 Å². The summed E-state index contributed by atoms with van der Waals surface area (Å²) in [5.74, 6) is -0.676. The highest BCUT2D eigenvalue weighted by Gasteiger charge is 2.29. The Kier molecular flexibility index (Phi) is 11.2. The van der Waals surface area contributed by atoms with Gasteiger partial charge in [0, 0.05) is 31.1 Å². The third kappa shape index (κ3) is 9.09. The van der Waals surface area contributed by atoms with Gasteiger partial charge in [-0.3, -0.25) is 13.9 Å². The Labute approximate surface area is 218 Å². The van der Waals surface area contributed by atoms with Crippen LogP contribution in [-0.4, -0.2) is 50.5 Å². The van der Waals surface area contributed by atoms with Crippen LogP contribution in [0.1, 0.15) is 45.6 Å². The van der Waals surface area contributed by atoms with Gasteiger partial charge < -0.3 is 10.2 Å². The van der Waals surface area contributed by atoms with Crippen LogP contribution >= 0.6 is 11.6 Å². The van der Waals surface area contributed by atoms with Crippen LogP contribution in [-0.2, 0) is 26.2 Å². The zero-order valence-electron chi connectivity index (χ0n) is 21.2. The first-order valence-electron chi connectivity index (χ1n) is 12.0. The zero-order valence-corrected chi connectivity index (χ0v) is 22.8. The van der Waals surface area contributed by atoms with Crippen LogP contribution in [0.25, 0.3) is 0 Å². The highest BCUT2D eigenvalue weighted by atomic mass is 35.5. The minimum absolute atomic E-state index is 0.0295. The van der Waals surface area contributed by atoms with Gasteiger partial charge in [0.1, 0.15) is 11.9 Å². The molecule has 198 valence electrons. The lowest BCUT2D eigenvalue weighted by Gasteiger charge is -2.31. The van der Waals surface area contributed by atoms with Crippen molar-refractivity contribution in [1.82, 2.24) is 10.2 Å². The van der Waals surface area contributed by atoms with Gasteiger partial charge in [-0.25, -0.2) is 12.8 Å². The quantitative estimate of drug-likeness (QED) is 0.403. The molecule has 0 saturated carbocycles. The number of halogens is 2. The summed E-state index contributed by atoms with van der Waals surface area (Å²) in [7, 11) is -3.61. The van der Waals surface area contributed by atoms with Crippen molar-refractivity contribution in [3.63, 3.8) is 0 Å². The van der Waals surface area contributed by atoms with Gasteiger partial charge in [-0.2, -0.15) is 0 Å². The highest BCUT2D eigenvalue weighted by molar-refractivity contribution is 7.92. The van der Waals surface area contributed by atoms with Crippen LogP contribution in [0.3, 0.4) is 0 Å². The Bertz CT molecular complexity index is 1130. The third-order valence-electron chi connectivity index (χ3n) is 5.58. The second kappa shape index (κ2) is 13.6. The van der Waals surface area contributed by atoms with E-state index < -0.39 is 16.1 Å². The molecule has 0 saturated heterocycles. The topological polar surface area (TPSA) is 86.8 Å². The van der Waals surface area contributed by atoms with Crippen molar-refractivity contribution in [2.24, 2.45) is 5.92 Å². The molecule has 0 radical (unpaired) electrons. The largest absolute Gasteiger partial charge is 0.354 e. The average Bonchev–Trinajstić information content (AvgIpc) is 2.80. The summed E-state index contributed by atoms with van der Waals surface area (Å²) >= 11 is 6.03. The number of anilines is 1. The van der Waals surface area contributed by atoms with E-state index in [2.05, 4.69) is 5.32 Å². The number of nitrogens with one attached hydrogen (secondary N) is 1. The van der Waals surface area contributed by atoms with E-state index in [1.54, 1.807) is 36.4 Å². The zero-order chi connectivity index (χ0) is 26.9. The lowest BCUT2D eigenvalue weighted by Crippen LogP contribution is -2.49. The normalized spacial score (nSPS) is 12.3. The molecule has 1 N–H and O–H groups in total. The summed E-state index contributed by atoms with van der Waals surface area (Å²) in [5.41, 5.74) is 1.11. The summed E-state index contributed by atoms with van der Waals surface area (Å²) in [6.45, 7) is 6.49. The fraction of sp³-hybridized carbons (Fsp3) is 0.462. The minimum Gasteiger partial charge on any atom is -0.354 e. The van der Waals surface area contributed by atoms with Gasteiger partial charge in [0.15, 0.2) is 0 Å². The number of hydrogen-bond donors (Lipinski definition) is 1. The summed E-state index contributed by atoms with van der Waals surface area (Å²) in [4.78, 5) is 27.8. The maximum Gasteiger partial charge on any atom is 0.242 e. The molecular weight excluding hydrogens is 505 g/mol. The molecule has 0 bridgehead atoms. The van der Waals surface area contributed by atoms with Crippen molar-refractivity contribution in [3.8, 4) is 0 Å². The molecule has 10 heteroatoms. The smallest absolute Gasteiger partial charge is 0.242 e. The van der Waals surface area contributed by atoms with E-state index in [-0.39, 0.29) is 49.5 Å². The fourth-order valence-corrected chi connectivity index (χ4v) is 4.91. The maximum atomic E-state index is 13.4. The molecule has 0 aliphatic carbocycles. The van der Waals surface area contributed by atoms with Gasteiger partial charge >= 0.3 is 0 Å². The van der Waals surface area contributed by atoms with Crippen LogP contribution in [0.15, 0.2) is 48.5 Å². The molecule has 2 aromatic rings. The van der Waals surface area contributed by atoms with E-state index in [9.17, 15) is 22.4 Å². The van der Waals surface area contributed by atoms with E-state index in [1.807, 2.05) is 20.8 Å². The first-order valence-corrected chi connectivity index (χ1v) is 14.2. The number of benzene rings is 2. The van der Waals surface area contributed by atoms with E-state index in [0.717, 1.165) is 6.26 Å². The SMILES string of the molecule is CC[C@H](C(=O)NCC(C)C)N(Cc1ccc(F)cc1)C(=O)CCCN(c1cccc(Cl)c1)S(C)(=O)=O. The number of carbonyl (C=O) groups excluding carboxylic acids is 2. The lowest BCUT2D eigenvalue weighted by molar-refractivity contribution is -0.141. The first-order chi connectivity index (χ1) is 16.9. The van der Waals surface area contributed by atoms with Gasteiger partial charge in [-0.15, -0.1) is 0 Å². The molecule has 0 aliphatic heterocycles. The van der Waals surface area contributed by atoms with Crippen LogP contribution in [0.4, 0.5) is 10.1 Å². The van der Waals surface area contributed by atoms with Gasteiger partial charge in [-0.1, -0.05) is 50.6 Å². The van der Waals surface area contributed by atoms with Gasteiger partial charge in [-0.05, 0) is 54.7 Å². The van der Waals surface area contributed by atoms with Gasteiger partial charge in [0.2, 0.25) is 21.8 Å². The molecule has 0 unspecified atom stereocenters. The lowest BCUT2D eigenvalue weighted by atomic mass is 10.1. The van der Waals surface area contributed by atoms with E-state index in [4.69, 9.17) is 11.6 Å². The maximum absolute atomic E-state index is 13.4. The molecular formula is C26H35ClFN3O4S. The van der Waals surface area contributed by atoms with Gasteiger partial charge in [0.25, 0.3) is 0 Å². The number of carbonyl (C=O) groups is 2. The Morgan fingerprint density at radius 3 is 2.33 bits per heavy atom. The monoisotopic (exact) mass is 539 g/mol. The van der Waals surface area contributed by atoms with E-state index in [0.29, 0.717) is 29.2 Å². The van der Waals surface area contributed by atoms with Crippen molar-refractivity contribution in [3.05, 3.63) is 64.9 Å². The van der Waals surface area contributed by atoms with Crippen molar-refractivity contribution in [2.75, 3.05) is 23.7 Å². The number of hydrogen-bond acceptors (Lipinski definition) is 4. The molecule has 0 fully saturated rings. The molecule has 36 heavy (non-hydrogen) atoms. The summed E-state index contributed by atoms with van der Waals surface area (Å²) in [6.07, 6.45) is 1.77. The Hall–Kier alpha value is -2.65. The molecule has 0 spiro atoms. The molecule has 2 amide bonds. The van der Waals surface area contributed by atoms with E-state index >= 15 is 0 Å². The summed E-state index contributed by atoms with van der Waals surface area (Å²) in [5, 5.41) is 3.30. The molecule has 0 heterocycles. The minimum atomic E-state index is -3.61. The third-order valence-corrected chi connectivity index (χ3v) is 7.01. The van der Waals surface area contributed by atoms with Crippen LogP contribution in [0, 0.1) is 11.7 Å². The van der Waals surface area contributed by atoms with Crippen molar-refractivity contribution >= 4 is 39.1 Å². The average molecular weight is 540 g/mol. The number of amides is 2. The van der Waals surface area contributed by atoms with Crippen LogP contribution < -0.4 is 9.62 Å². The second-order valence-corrected chi connectivity index (χ2v) is 11.5. The molecule has 0 aromatic heterocycles. The van der Waals surface area contributed by atoms with Crippen LogP contribution in [0.2, 0.25) is 5.02 Å². The summed E-state index contributed by atoms with van der Waals surface area (Å²) < 4.78 is 39.4. The molecule has 2 aromatic carbocycles. The molecule has 7 nitrogen and oxygen atoms in total. The highest BCUT2D eigenvalue weighted by Crippen LogP contribution is 2.23. The number of sulfonamides is 1. The van der Waals surface area contributed by atoms with Gasteiger partial charge in [0.05, 0.1) is 11.9 Å². The van der Waals surface area contributed by atoms with Crippen LogP contribution in [0.5, 0.6) is 0 Å². The molecule has 0 aliphatic rings. The predicted octanol–water partition coefficient (Wildman–Crippen LogP) is 4.60. The van der Waals surface area contributed by atoms with Crippen molar-refractivity contribution in [1.29, 1.82) is 0 Å². The second-order valence-electron chi connectivity index (χ2n) is 9.13. The van der Waals surface area contributed by atoms with E-state index in [1.165, 1.54) is 21.3 Å². The predicted molar refractivity (Wildman–Crippen MR) is 142 cm³/mol. The molecule has 1 atom stereocenters. The Morgan fingerprint density at radius 2 is 1.78 bits per heavy atom. The Morgan fingerprint density at radius 1 is 1.11 bits per heavy atom. The fourth-order valence-electron chi connectivity index (χ4n) is 3.76. The molecule has 2 rings (SSSR count). The number of rotatable bonds is 13. The summed E-state index contributed by atoms with van der Waals surface area (Å²) in [6, 6.07) is 11.6. The standard InChI is InChI=1S/C26H35ClFN3O4S/c1-5-24(26(33)29-17-19(2)3)30(18-20-11-13-22(28)14-12-20)25(32)10-7-15-31(36(4,34)35)23-9-6-8-21(27)16-23/h6,8-9,11-14,16,19,24H,5,7,10,15,17-18H2,1-4H3,(H,29,33)/t24-/m1/s1. The number of nitrogens with zero attached hydrogens (tertiary/aromatic N) is 2. The van der Waals surface area contributed by atoms with Crippen molar-refractivity contribution in [2.45, 2.75) is 52.6 Å².